The molecule has 4 nitrogen and oxygen atoms in total. The molecular formula is C12H18ClNO3S2. The second-order valence-corrected chi connectivity index (χ2v) is 9.09. The lowest BCUT2D eigenvalue weighted by molar-refractivity contribution is -0.120. The van der Waals surface area contributed by atoms with E-state index in [2.05, 4.69) is 26.1 Å². The van der Waals surface area contributed by atoms with Crippen LogP contribution in [0.3, 0.4) is 0 Å². The Morgan fingerprint density at radius 3 is 2.53 bits per heavy atom. The van der Waals surface area contributed by atoms with Gasteiger partial charge in [0.1, 0.15) is 4.21 Å². The highest BCUT2D eigenvalue weighted by atomic mass is 35.7. The third kappa shape index (κ3) is 5.50. The Kier molecular flexibility index (Phi) is 5.41. The van der Waals surface area contributed by atoms with E-state index in [1.54, 1.807) is 6.07 Å². The van der Waals surface area contributed by atoms with Gasteiger partial charge in [0.25, 0.3) is 9.05 Å². The highest BCUT2D eigenvalue weighted by Crippen LogP contribution is 2.25. The molecule has 0 aromatic carbocycles. The number of amides is 1. The second kappa shape index (κ2) is 6.24. The molecule has 1 aromatic rings. The zero-order valence-electron chi connectivity index (χ0n) is 11.2. The molecule has 0 saturated heterocycles. The van der Waals surface area contributed by atoms with Gasteiger partial charge in [-0.15, -0.1) is 11.3 Å². The fourth-order valence-electron chi connectivity index (χ4n) is 1.27. The zero-order valence-corrected chi connectivity index (χ0v) is 13.6. The molecule has 0 saturated carbocycles. The maximum Gasteiger partial charge on any atom is 0.270 e. The minimum atomic E-state index is -3.70. The molecule has 0 unspecified atom stereocenters. The molecule has 0 fully saturated rings. The van der Waals surface area contributed by atoms with Crippen molar-refractivity contribution in [2.75, 3.05) is 6.54 Å². The first-order valence-corrected chi connectivity index (χ1v) is 9.07. The Hall–Kier alpha value is -0.590. The summed E-state index contributed by atoms with van der Waals surface area (Å²) in [6.45, 7) is 6.84. The van der Waals surface area contributed by atoms with Crippen LogP contribution < -0.4 is 5.32 Å². The van der Waals surface area contributed by atoms with E-state index in [-0.39, 0.29) is 22.0 Å². The van der Waals surface area contributed by atoms with E-state index in [1.165, 1.54) is 6.07 Å². The second-order valence-electron chi connectivity index (χ2n) is 5.13. The summed E-state index contributed by atoms with van der Waals surface area (Å²) in [7, 11) is 1.53. The molecule has 0 atom stereocenters. The first-order valence-electron chi connectivity index (χ1n) is 5.94. The molecule has 7 heteroatoms. The van der Waals surface area contributed by atoms with Gasteiger partial charge in [0.2, 0.25) is 5.91 Å². The lowest BCUT2D eigenvalue weighted by Gasteiger charge is -2.22. The molecule has 0 aliphatic heterocycles. The topological polar surface area (TPSA) is 63.2 Å². The highest BCUT2D eigenvalue weighted by Gasteiger charge is 2.18. The van der Waals surface area contributed by atoms with Crippen molar-refractivity contribution in [1.82, 2.24) is 5.32 Å². The number of thiophene rings is 1. The molecule has 1 amide bonds. The third-order valence-electron chi connectivity index (χ3n) is 2.93. The smallest absolute Gasteiger partial charge is 0.270 e. The van der Waals surface area contributed by atoms with E-state index >= 15 is 0 Å². The van der Waals surface area contributed by atoms with Gasteiger partial charge in [-0.1, -0.05) is 20.8 Å². The zero-order chi connectivity index (χ0) is 14.7. The molecule has 19 heavy (non-hydrogen) atoms. The lowest BCUT2D eigenvalue weighted by atomic mass is 9.90. The van der Waals surface area contributed by atoms with E-state index in [0.717, 1.165) is 17.8 Å². The number of carbonyl (C=O) groups excluding carboxylic acids is 1. The standard InChI is InChI=1S/C12H18ClNO3S2/c1-4-12(2,3)8-14-10(15)7-9-5-6-11(18-9)19(13,16)17/h5-6H,4,7-8H2,1-3H3,(H,14,15). The van der Waals surface area contributed by atoms with Gasteiger partial charge in [-0.2, -0.15) is 0 Å². The number of hydrogen-bond donors (Lipinski definition) is 1. The van der Waals surface area contributed by atoms with Crippen LogP contribution in [0.2, 0.25) is 0 Å². The number of hydrogen-bond acceptors (Lipinski definition) is 4. The number of halogens is 1. The minimum Gasteiger partial charge on any atom is -0.355 e. The summed E-state index contributed by atoms with van der Waals surface area (Å²) in [4.78, 5) is 12.4. The normalized spacial score (nSPS) is 12.4. The molecule has 0 radical (unpaired) electrons. The van der Waals surface area contributed by atoms with Crippen LogP contribution in [0.4, 0.5) is 0 Å². The van der Waals surface area contributed by atoms with Crippen LogP contribution in [0.5, 0.6) is 0 Å². The Morgan fingerprint density at radius 1 is 1.42 bits per heavy atom. The van der Waals surface area contributed by atoms with Gasteiger partial charge in [-0.3, -0.25) is 4.79 Å². The Bertz CT molecular complexity index is 549. The van der Waals surface area contributed by atoms with E-state index in [9.17, 15) is 13.2 Å². The molecule has 1 N–H and O–H groups in total. The highest BCUT2D eigenvalue weighted by molar-refractivity contribution is 8.15. The number of carbonyl (C=O) groups is 1. The van der Waals surface area contributed by atoms with Crippen molar-refractivity contribution in [1.29, 1.82) is 0 Å². The summed E-state index contributed by atoms with van der Waals surface area (Å²) >= 11 is 1.03. The summed E-state index contributed by atoms with van der Waals surface area (Å²) in [5.74, 6) is -0.109. The predicted octanol–water partition coefficient (Wildman–Crippen LogP) is 2.77. The Balaban J connectivity index is 2.56. The third-order valence-corrected chi connectivity index (χ3v) is 6.11. The average Bonchev–Trinajstić information content (AvgIpc) is 2.75. The van der Waals surface area contributed by atoms with Crippen molar-refractivity contribution in [3.63, 3.8) is 0 Å². The van der Waals surface area contributed by atoms with Crippen molar-refractivity contribution in [2.24, 2.45) is 5.41 Å². The van der Waals surface area contributed by atoms with Crippen molar-refractivity contribution in [3.05, 3.63) is 17.0 Å². The fraction of sp³-hybridized carbons (Fsp3) is 0.583. The molecule has 1 aromatic heterocycles. The quantitative estimate of drug-likeness (QED) is 0.819. The Morgan fingerprint density at radius 2 is 2.05 bits per heavy atom. The van der Waals surface area contributed by atoms with Crippen LogP contribution in [0.1, 0.15) is 32.1 Å². The average molecular weight is 324 g/mol. The first kappa shape index (κ1) is 16.5. The van der Waals surface area contributed by atoms with E-state index in [1.807, 2.05) is 0 Å². The first-order chi connectivity index (χ1) is 8.64. The fourth-order valence-corrected chi connectivity index (χ4v) is 3.39. The molecule has 1 rings (SSSR count). The van der Waals surface area contributed by atoms with Crippen LogP contribution in [-0.4, -0.2) is 20.9 Å². The van der Waals surface area contributed by atoms with E-state index < -0.39 is 9.05 Å². The molecule has 0 aliphatic rings. The maximum absolute atomic E-state index is 11.7. The molecule has 0 bridgehead atoms. The maximum atomic E-state index is 11.7. The molecule has 0 spiro atoms. The summed E-state index contributed by atoms with van der Waals surface area (Å²) in [5.41, 5.74) is 0.0652. The van der Waals surface area contributed by atoms with Crippen molar-refractivity contribution >= 4 is 37.0 Å². The van der Waals surface area contributed by atoms with E-state index in [0.29, 0.717) is 11.4 Å². The van der Waals surface area contributed by atoms with Gasteiger partial charge in [-0.25, -0.2) is 8.42 Å². The summed E-state index contributed by atoms with van der Waals surface area (Å²) in [5, 5.41) is 2.86. The van der Waals surface area contributed by atoms with Gasteiger partial charge >= 0.3 is 0 Å². The summed E-state index contributed by atoms with van der Waals surface area (Å²) < 4.78 is 22.3. The van der Waals surface area contributed by atoms with Crippen LogP contribution in [-0.2, 0) is 20.3 Å². The SMILES string of the molecule is CCC(C)(C)CNC(=O)Cc1ccc(S(=O)(=O)Cl)s1. The molecule has 1 heterocycles. The molecule has 108 valence electrons. The van der Waals surface area contributed by atoms with Crippen LogP contribution in [0.25, 0.3) is 0 Å². The number of nitrogens with one attached hydrogen (secondary N) is 1. The van der Waals surface area contributed by atoms with Crippen molar-refractivity contribution in [2.45, 2.75) is 37.8 Å². The Labute approximate surface area is 122 Å². The van der Waals surface area contributed by atoms with Crippen molar-refractivity contribution < 1.29 is 13.2 Å². The largest absolute Gasteiger partial charge is 0.355 e. The lowest BCUT2D eigenvalue weighted by Crippen LogP contribution is -2.34. The summed E-state index contributed by atoms with van der Waals surface area (Å²) in [6, 6.07) is 3.04. The van der Waals surface area contributed by atoms with Crippen LogP contribution in [0.15, 0.2) is 16.3 Å². The molecular weight excluding hydrogens is 306 g/mol. The van der Waals surface area contributed by atoms with Gasteiger partial charge in [0.05, 0.1) is 6.42 Å². The van der Waals surface area contributed by atoms with Gasteiger partial charge in [0.15, 0.2) is 0 Å². The van der Waals surface area contributed by atoms with Crippen molar-refractivity contribution in [3.8, 4) is 0 Å². The van der Waals surface area contributed by atoms with Gasteiger partial charge in [-0.05, 0) is 24.0 Å². The molecule has 0 aliphatic carbocycles. The van der Waals surface area contributed by atoms with Gasteiger partial charge < -0.3 is 5.32 Å². The number of rotatable bonds is 6. The summed E-state index contributed by atoms with van der Waals surface area (Å²) in [6.07, 6.45) is 1.15. The monoisotopic (exact) mass is 323 g/mol. The van der Waals surface area contributed by atoms with Crippen LogP contribution in [0, 0.1) is 5.41 Å². The van der Waals surface area contributed by atoms with E-state index in [4.69, 9.17) is 10.7 Å². The van der Waals surface area contributed by atoms with Crippen LogP contribution >= 0.6 is 22.0 Å². The predicted molar refractivity (Wildman–Crippen MR) is 78.1 cm³/mol. The minimum absolute atomic E-state index is 0.0652. The van der Waals surface area contributed by atoms with Gasteiger partial charge in [0, 0.05) is 22.1 Å².